The average Bonchev–Trinajstić information content (AvgIpc) is 2.67. The Hall–Kier alpha value is -2.44. The summed E-state index contributed by atoms with van der Waals surface area (Å²) in [7, 11) is 0. The molecule has 2 aliphatic rings. The van der Waals surface area contributed by atoms with Crippen LogP contribution in [-0.4, -0.2) is 59.2 Å². The molecule has 0 unspecified atom stereocenters. The minimum Gasteiger partial charge on any atom is -0.356 e. The Morgan fingerprint density at radius 1 is 0.556 bits per heavy atom. The second kappa shape index (κ2) is 7.66. The molecule has 0 N–H and O–H groups in total. The van der Waals surface area contributed by atoms with Gasteiger partial charge in [-0.05, 0) is 40.0 Å². The van der Waals surface area contributed by atoms with Crippen LogP contribution in [0.3, 0.4) is 0 Å². The first kappa shape index (κ1) is 17.9. The summed E-state index contributed by atoms with van der Waals surface area (Å²) < 4.78 is 0. The van der Waals surface area contributed by atoms with Crippen molar-refractivity contribution in [3.05, 3.63) is 29.5 Å². The van der Waals surface area contributed by atoms with Crippen LogP contribution in [0.15, 0.2) is 12.1 Å². The summed E-state index contributed by atoms with van der Waals surface area (Å²) in [5, 5.41) is 0. The molecule has 2 aromatic heterocycles. The van der Waals surface area contributed by atoms with Crippen molar-refractivity contribution in [1.29, 1.82) is 0 Å². The van der Waals surface area contributed by atoms with Crippen LogP contribution in [-0.2, 0) is 0 Å². The van der Waals surface area contributed by atoms with E-state index in [2.05, 4.69) is 36.8 Å². The highest BCUT2D eigenvalue weighted by atomic mass is 15.3. The van der Waals surface area contributed by atoms with E-state index in [9.17, 15) is 0 Å². The van der Waals surface area contributed by atoms with Gasteiger partial charge in [0.25, 0.3) is 0 Å². The lowest BCUT2D eigenvalue weighted by atomic mass is 10.1. The quantitative estimate of drug-likeness (QED) is 0.826. The van der Waals surface area contributed by atoms with Gasteiger partial charge in [0, 0.05) is 57.1 Å². The Labute approximate surface area is 161 Å². The van der Waals surface area contributed by atoms with Gasteiger partial charge in [-0.2, -0.15) is 0 Å². The van der Waals surface area contributed by atoms with Crippen molar-refractivity contribution < 1.29 is 0 Å². The van der Waals surface area contributed by atoms with Gasteiger partial charge in [-0.1, -0.05) is 0 Å². The van der Waals surface area contributed by atoms with Crippen molar-refractivity contribution in [2.45, 2.75) is 40.0 Å². The molecule has 0 aromatic carbocycles. The zero-order valence-electron chi connectivity index (χ0n) is 16.6. The van der Waals surface area contributed by atoms with Gasteiger partial charge < -0.3 is 14.7 Å². The first-order valence-corrected chi connectivity index (χ1v) is 10.0. The van der Waals surface area contributed by atoms with Crippen molar-refractivity contribution in [2.75, 3.05) is 54.0 Å². The fourth-order valence-corrected chi connectivity index (χ4v) is 4.01. The molecule has 7 nitrogen and oxygen atoms in total. The summed E-state index contributed by atoms with van der Waals surface area (Å²) in [4.78, 5) is 25.5. The molecule has 0 amide bonds. The average molecular weight is 368 g/mol. The molecule has 2 aromatic rings. The van der Waals surface area contributed by atoms with Gasteiger partial charge in [0.1, 0.15) is 29.1 Å². The maximum absolute atomic E-state index is 4.72. The van der Waals surface area contributed by atoms with Crippen LogP contribution in [0, 0.1) is 20.8 Å². The van der Waals surface area contributed by atoms with E-state index in [1.54, 1.807) is 0 Å². The molecule has 2 saturated heterocycles. The second-order valence-corrected chi connectivity index (χ2v) is 7.57. The number of piperazine rings is 1. The SMILES string of the molecule is Cc1cc(N2CCN(c3cc(N4CCCCC4)nc(C)n3)CC2)nc(C)n1. The van der Waals surface area contributed by atoms with Crippen LogP contribution in [0.1, 0.15) is 36.6 Å². The van der Waals surface area contributed by atoms with Crippen LogP contribution in [0.25, 0.3) is 0 Å². The summed E-state index contributed by atoms with van der Waals surface area (Å²) in [6, 6.07) is 4.25. The maximum Gasteiger partial charge on any atom is 0.134 e. The molecular formula is C20H29N7. The summed E-state index contributed by atoms with van der Waals surface area (Å²) in [6.07, 6.45) is 3.85. The Bertz CT molecular complexity index is 773. The number of hydrogen-bond donors (Lipinski definition) is 0. The third kappa shape index (κ3) is 4.12. The van der Waals surface area contributed by atoms with Crippen LogP contribution in [0.4, 0.5) is 17.5 Å². The molecule has 2 fully saturated rings. The molecule has 0 spiro atoms. The smallest absolute Gasteiger partial charge is 0.134 e. The summed E-state index contributed by atoms with van der Waals surface area (Å²) in [5.74, 6) is 4.87. The lowest BCUT2D eigenvalue weighted by Gasteiger charge is -2.36. The second-order valence-electron chi connectivity index (χ2n) is 7.57. The zero-order chi connectivity index (χ0) is 18.8. The maximum atomic E-state index is 4.72. The lowest BCUT2D eigenvalue weighted by Crippen LogP contribution is -2.47. The number of anilines is 3. The van der Waals surface area contributed by atoms with Crippen molar-refractivity contribution in [2.24, 2.45) is 0 Å². The first-order valence-electron chi connectivity index (χ1n) is 10.0. The third-order valence-electron chi connectivity index (χ3n) is 5.37. The van der Waals surface area contributed by atoms with Crippen molar-refractivity contribution >= 4 is 17.5 Å². The summed E-state index contributed by atoms with van der Waals surface area (Å²) >= 11 is 0. The van der Waals surface area contributed by atoms with E-state index in [0.717, 1.165) is 74.1 Å². The molecule has 0 radical (unpaired) electrons. The minimum atomic E-state index is 0.838. The Morgan fingerprint density at radius 3 is 1.52 bits per heavy atom. The van der Waals surface area contributed by atoms with Crippen LogP contribution >= 0.6 is 0 Å². The van der Waals surface area contributed by atoms with Crippen LogP contribution in [0.2, 0.25) is 0 Å². The molecule has 7 heteroatoms. The fraction of sp³-hybridized carbons (Fsp3) is 0.600. The van der Waals surface area contributed by atoms with E-state index in [1.807, 2.05) is 20.8 Å². The molecule has 27 heavy (non-hydrogen) atoms. The molecule has 0 bridgehead atoms. The van der Waals surface area contributed by atoms with E-state index in [1.165, 1.54) is 19.3 Å². The highest BCUT2D eigenvalue weighted by Crippen LogP contribution is 2.24. The Kier molecular flexibility index (Phi) is 5.09. The largest absolute Gasteiger partial charge is 0.356 e. The molecule has 0 saturated carbocycles. The van der Waals surface area contributed by atoms with Gasteiger partial charge in [-0.15, -0.1) is 0 Å². The predicted octanol–water partition coefficient (Wildman–Crippen LogP) is 2.51. The van der Waals surface area contributed by atoms with Crippen molar-refractivity contribution in [3.8, 4) is 0 Å². The molecular weight excluding hydrogens is 338 g/mol. The van der Waals surface area contributed by atoms with Gasteiger partial charge in [0.15, 0.2) is 0 Å². The van der Waals surface area contributed by atoms with E-state index in [-0.39, 0.29) is 0 Å². The summed E-state index contributed by atoms with van der Waals surface area (Å²) in [5.41, 5.74) is 1.03. The number of aryl methyl sites for hydroxylation is 3. The standard InChI is InChI=1S/C20H29N7/c1-15-13-18(22-16(2)21-15)26-9-11-27(12-10-26)20-14-19(23-17(3)24-20)25-7-5-4-6-8-25/h13-14H,4-12H2,1-3H3. The number of piperidine rings is 1. The van der Waals surface area contributed by atoms with Crippen LogP contribution in [0.5, 0.6) is 0 Å². The fourth-order valence-electron chi connectivity index (χ4n) is 4.01. The van der Waals surface area contributed by atoms with Gasteiger partial charge in [0.2, 0.25) is 0 Å². The van der Waals surface area contributed by atoms with Gasteiger partial charge in [0.05, 0.1) is 0 Å². The lowest BCUT2D eigenvalue weighted by molar-refractivity contribution is 0.572. The molecule has 4 rings (SSSR count). The highest BCUT2D eigenvalue weighted by molar-refractivity contribution is 5.53. The number of rotatable bonds is 3. The zero-order valence-corrected chi connectivity index (χ0v) is 16.6. The minimum absolute atomic E-state index is 0.838. The van der Waals surface area contributed by atoms with E-state index < -0.39 is 0 Å². The Balaban J connectivity index is 1.47. The summed E-state index contributed by atoms with van der Waals surface area (Å²) in [6.45, 7) is 12.0. The van der Waals surface area contributed by atoms with Gasteiger partial charge in [-0.3, -0.25) is 0 Å². The Morgan fingerprint density at radius 2 is 1.00 bits per heavy atom. The van der Waals surface area contributed by atoms with E-state index in [4.69, 9.17) is 9.97 Å². The molecule has 0 atom stereocenters. The van der Waals surface area contributed by atoms with E-state index >= 15 is 0 Å². The van der Waals surface area contributed by atoms with E-state index in [0.29, 0.717) is 0 Å². The topological polar surface area (TPSA) is 61.3 Å². The highest BCUT2D eigenvalue weighted by Gasteiger charge is 2.22. The molecule has 144 valence electrons. The number of nitrogens with zero attached hydrogens (tertiary/aromatic N) is 7. The third-order valence-corrected chi connectivity index (χ3v) is 5.37. The monoisotopic (exact) mass is 367 g/mol. The predicted molar refractivity (Wildman–Crippen MR) is 109 cm³/mol. The molecule has 4 heterocycles. The number of hydrogen-bond acceptors (Lipinski definition) is 7. The van der Waals surface area contributed by atoms with Crippen LogP contribution < -0.4 is 14.7 Å². The van der Waals surface area contributed by atoms with Gasteiger partial charge >= 0.3 is 0 Å². The molecule has 0 aliphatic carbocycles. The van der Waals surface area contributed by atoms with Crippen molar-refractivity contribution in [3.63, 3.8) is 0 Å². The normalized spacial score (nSPS) is 18.1. The van der Waals surface area contributed by atoms with Gasteiger partial charge in [-0.25, -0.2) is 19.9 Å². The number of aromatic nitrogens is 4. The molecule has 2 aliphatic heterocycles. The van der Waals surface area contributed by atoms with Crippen molar-refractivity contribution in [1.82, 2.24) is 19.9 Å². The first-order chi connectivity index (χ1) is 13.1.